The van der Waals surface area contributed by atoms with Crippen LogP contribution in [0.4, 0.5) is 0 Å². The van der Waals surface area contributed by atoms with E-state index < -0.39 is 0 Å². The predicted octanol–water partition coefficient (Wildman–Crippen LogP) is 2.80. The SMILES string of the molecule is C=C/C=C\C1=CC[C-]=N1.[CH2-]C.[U+2]. The molecule has 0 atom stereocenters. The summed E-state index contributed by atoms with van der Waals surface area (Å²) in [6.07, 6.45) is 11.2. The van der Waals surface area contributed by atoms with Crippen LogP contribution in [0.1, 0.15) is 13.3 Å². The van der Waals surface area contributed by atoms with Gasteiger partial charge in [0.15, 0.2) is 0 Å². The maximum atomic E-state index is 3.95. The monoisotopic (exact) mass is 385 g/mol. The Morgan fingerprint density at radius 2 is 2.33 bits per heavy atom. The van der Waals surface area contributed by atoms with Crippen LogP contribution in [0, 0.1) is 38.0 Å². The fraction of sp³-hybridized carbons (Fsp3) is 0.200. The van der Waals surface area contributed by atoms with Crippen molar-refractivity contribution >= 4 is 6.21 Å². The Morgan fingerprint density at radius 1 is 1.67 bits per heavy atom. The molecule has 0 aromatic heterocycles. The van der Waals surface area contributed by atoms with Gasteiger partial charge in [0.2, 0.25) is 0 Å². The molecule has 0 aromatic rings. The fourth-order valence-electron chi connectivity index (χ4n) is 0.605. The smallest absolute Gasteiger partial charge is 0.456 e. The predicted molar refractivity (Wildman–Crippen MR) is 50.5 cm³/mol. The molecule has 1 nitrogen and oxygen atoms in total. The molecule has 0 bridgehead atoms. The zero-order valence-corrected chi connectivity index (χ0v) is 11.5. The molecule has 0 aliphatic carbocycles. The van der Waals surface area contributed by atoms with Crippen LogP contribution >= 0.6 is 0 Å². The molecule has 0 unspecified atom stereocenters. The number of hydrogen-bond donors (Lipinski definition) is 0. The van der Waals surface area contributed by atoms with E-state index in [4.69, 9.17) is 0 Å². The van der Waals surface area contributed by atoms with E-state index in [2.05, 4.69) is 24.7 Å². The van der Waals surface area contributed by atoms with Crippen molar-refractivity contribution in [2.75, 3.05) is 0 Å². The summed E-state index contributed by atoms with van der Waals surface area (Å²) >= 11 is 0. The van der Waals surface area contributed by atoms with E-state index in [0.717, 1.165) is 12.1 Å². The largest absolute Gasteiger partial charge is 2.00 e. The van der Waals surface area contributed by atoms with Crippen LogP contribution in [0.5, 0.6) is 0 Å². The van der Waals surface area contributed by atoms with Crippen molar-refractivity contribution in [1.29, 1.82) is 0 Å². The molecule has 1 heterocycles. The number of aliphatic imine (C=N–C) groups is 1. The van der Waals surface area contributed by atoms with Crippen molar-refractivity contribution in [3.8, 4) is 0 Å². The van der Waals surface area contributed by atoms with Gasteiger partial charge < -0.3 is 11.9 Å². The summed E-state index contributed by atoms with van der Waals surface area (Å²) in [4.78, 5) is 3.95. The van der Waals surface area contributed by atoms with Crippen LogP contribution < -0.4 is 0 Å². The first kappa shape index (κ1) is 14.5. The normalized spacial score (nSPS) is 13.0. The van der Waals surface area contributed by atoms with Gasteiger partial charge in [-0.05, 0) is 0 Å². The molecule has 0 fully saturated rings. The summed E-state index contributed by atoms with van der Waals surface area (Å²) in [5.74, 6) is 0. The zero-order chi connectivity index (χ0) is 8.53. The number of rotatable bonds is 2. The minimum Gasteiger partial charge on any atom is -0.456 e. The van der Waals surface area contributed by atoms with Crippen molar-refractivity contribution in [2.45, 2.75) is 13.3 Å². The molecule has 0 saturated carbocycles. The van der Waals surface area contributed by atoms with Crippen LogP contribution in [-0.4, -0.2) is 6.21 Å². The van der Waals surface area contributed by atoms with Gasteiger partial charge in [-0.2, -0.15) is 19.2 Å². The summed E-state index contributed by atoms with van der Waals surface area (Å²) in [7, 11) is 0. The Kier molecular flexibility index (Phi) is 13.2. The van der Waals surface area contributed by atoms with Gasteiger partial charge in [-0.25, -0.2) is 0 Å². The van der Waals surface area contributed by atoms with Gasteiger partial charge in [0.1, 0.15) is 0 Å². The molecule has 1 aliphatic rings. The van der Waals surface area contributed by atoms with Crippen LogP contribution in [0.2, 0.25) is 0 Å². The summed E-state index contributed by atoms with van der Waals surface area (Å²) in [5.41, 5.74) is 0.981. The summed E-state index contributed by atoms with van der Waals surface area (Å²) in [6.45, 7) is 8.55. The van der Waals surface area contributed by atoms with Gasteiger partial charge in [-0.3, -0.25) is 0 Å². The average Bonchev–Trinajstić information content (AvgIpc) is 2.57. The van der Waals surface area contributed by atoms with Crippen LogP contribution in [0.15, 0.2) is 41.6 Å². The number of hydrogen-bond acceptors (Lipinski definition) is 1. The summed E-state index contributed by atoms with van der Waals surface area (Å²) in [6, 6.07) is 0. The molecule has 0 spiro atoms. The Labute approximate surface area is 98.7 Å². The van der Waals surface area contributed by atoms with Crippen molar-refractivity contribution in [3.63, 3.8) is 0 Å². The van der Waals surface area contributed by atoms with Crippen molar-refractivity contribution < 1.29 is 31.1 Å². The molecular formula is C10H13NU. The van der Waals surface area contributed by atoms with Crippen LogP contribution in [-0.2, 0) is 0 Å². The zero-order valence-electron chi connectivity index (χ0n) is 7.38. The van der Waals surface area contributed by atoms with Crippen LogP contribution in [0.3, 0.4) is 0 Å². The van der Waals surface area contributed by atoms with Gasteiger partial charge in [-0.1, -0.05) is 30.8 Å². The third-order valence-corrected chi connectivity index (χ3v) is 1.01. The van der Waals surface area contributed by atoms with Gasteiger partial charge in [0, 0.05) is 0 Å². The van der Waals surface area contributed by atoms with Gasteiger partial charge >= 0.3 is 31.1 Å². The van der Waals surface area contributed by atoms with E-state index in [1.54, 1.807) is 13.0 Å². The average molecular weight is 385 g/mol. The topological polar surface area (TPSA) is 12.4 Å². The second-order valence-corrected chi connectivity index (χ2v) is 1.70. The van der Waals surface area contributed by atoms with Crippen LogP contribution in [0.25, 0.3) is 0 Å². The maximum Gasteiger partial charge on any atom is 2.00 e. The molecule has 1 rings (SSSR count). The standard InChI is InChI=1S/C8H8N.C2H5.U/c1-2-3-5-8-6-4-7-9-8;1-2;/h2-3,5-6H,1,4H2;1H2,2H3;/q2*-1;+2/b5-3-;;. The second-order valence-electron chi connectivity index (χ2n) is 1.70. The first-order valence-corrected chi connectivity index (χ1v) is 3.57. The molecule has 1 aliphatic heterocycles. The molecule has 0 saturated heterocycles. The third kappa shape index (κ3) is 6.64. The van der Waals surface area contributed by atoms with E-state index >= 15 is 0 Å². The van der Waals surface area contributed by atoms with E-state index in [1.807, 2.05) is 18.2 Å². The van der Waals surface area contributed by atoms with E-state index in [-0.39, 0.29) is 31.1 Å². The quantitative estimate of drug-likeness (QED) is 0.512. The number of allylic oxidation sites excluding steroid dienone is 4. The van der Waals surface area contributed by atoms with Gasteiger partial charge in [0.25, 0.3) is 0 Å². The van der Waals surface area contributed by atoms with Crippen molar-refractivity contribution in [1.82, 2.24) is 0 Å². The summed E-state index contributed by atoms with van der Waals surface area (Å²) < 4.78 is 0. The number of nitrogens with zero attached hydrogens (tertiary/aromatic N) is 1. The Hall–Kier alpha value is -0.0581. The first-order chi connectivity index (χ1) is 5.43. The Bertz CT molecular complexity index is 190. The van der Waals surface area contributed by atoms with Gasteiger partial charge in [0.05, 0.1) is 0 Å². The molecule has 0 radical (unpaired) electrons. The minimum absolute atomic E-state index is 0. The fourth-order valence-corrected chi connectivity index (χ4v) is 0.605. The molecule has 0 N–H and O–H groups in total. The summed E-state index contributed by atoms with van der Waals surface area (Å²) in [5, 5.41) is 0. The van der Waals surface area contributed by atoms with Crippen molar-refractivity contribution in [3.05, 3.63) is 43.5 Å². The molecule has 0 aromatic carbocycles. The van der Waals surface area contributed by atoms with E-state index in [1.165, 1.54) is 0 Å². The van der Waals surface area contributed by atoms with E-state index in [9.17, 15) is 0 Å². The third-order valence-electron chi connectivity index (χ3n) is 1.01. The molecule has 12 heavy (non-hydrogen) atoms. The molecular weight excluding hydrogens is 372 g/mol. The Balaban J connectivity index is 0. The second kappa shape index (κ2) is 10.9. The Morgan fingerprint density at radius 3 is 2.75 bits per heavy atom. The molecule has 2 heteroatoms. The maximum absolute atomic E-state index is 3.95. The molecule has 0 amide bonds. The minimum atomic E-state index is 0. The van der Waals surface area contributed by atoms with E-state index in [0.29, 0.717) is 0 Å². The molecule has 62 valence electrons. The van der Waals surface area contributed by atoms with Crippen molar-refractivity contribution in [2.24, 2.45) is 4.99 Å². The van der Waals surface area contributed by atoms with Gasteiger partial charge in [-0.15, -0.1) is 6.08 Å². The first-order valence-electron chi connectivity index (χ1n) is 3.57.